The van der Waals surface area contributed by atoms with Gasteiger partial charge in [-0.15, -0.1) is 0 Å². The van der Waals surface area contributed by atoms with E-state index in [2.05, 4.69) is 9.80 Å². The van der Waals surface area contributed by atoms with E-state index >= 15 is 0 Å². The molecule has 34 heavy (non-hydrogen) atoms. The van der Waals surface area contributed by atoms with Crippen LogP contribution in [0.1, 0.15) is 70.4 Å². The van der Waals surface area contributed by atoms with Crippen molar-refractivity contribution in [2.45, 2.75) is 38.5 Å². The molecule has 2 aliphatic rings. The Kier molecular flexibility index (Phi) is 6.75. The van der Waals surface area contributed by atoms with Crippen LogP contribution < -0.4 is 9.80 Å². The first kappa shape index (κ1) is 22.4. The molecule has 2 saturated heterocycles. The van der Waals surface area contributed by atoms with Gasteiger partial charge in [-0.1, -0.05) is 60.7 Å². The summed E-state index contributed by atoms with van der Waals surface area (Å²) in [5.41, 5.74) is 4.58. The van der Waals surface area contributed by atoms with E-state index < -0.39 is 0 Å². The van der Waals surface area contributed by atoms with Crippen LogP contribution >= 0.6 is 0 Å². The number of carbonyl (C=O) groups is 2. The summed E-state index contributed by atoms with van der Waals surface area (Å²) in [6, 6.07) is 23.1. The molecule has 0 amide bonds. The summed E-state index contributed by atoms with van der Waals surface area (Å²) in [6.45, 7) is 3.66. The van der Waals surface area contributed by atoms with Crippen LogP contribution in [-0.2, 0) is 0 Å². The largest absolute Gasteiger partial charge is 0.371 e. The zero-order valence-electron chi connectivity index (χ0n) is 19.7. The Morgan fingerprint density at radius 3 is 1.21 bits per heavy atom. The van der Waals surface area contributed by atoms with E-state index in [-0.39, 0.29) is 11.6 Å². The smallest absolute Gasteiger partial charge is 0.195 e. The van der Waals surface area contributed by atoms with Crippen molar-refractivity contribution in [2.75, 3.05) is 36.0 Å². The minimum Gasteiger partial charge on any atom is -0.371 e. The lowest BCUT2D eigenvalue weighted by atomic mass is 9.92. The Labute approximate surface area is 202 Å². The SMILES string of the molecule is O=C(c1ccccc1)c1cc(N2CCCCC2)c(C(=O)c2ccccc2)cc1N1CCCCC1. The molecule has 0 spiro atoms. The molecule has 0 N–H and O–H groups in total. The monoisotopic (exact) mass is 452 g/mol. The van der Waals surface area contributed by atoms with Gasteiger partial charge in [-0.2, -0.15) is 0 Å². The molecule has 0 atom stereocenters. The fourth-order valence-corrected chi connectivity index (χ4v) is 5.22. The van der Waals surface area contributed by atoms with E-state index in [0.29, 0.717) is 22.3 Å². The Bertz CT molecular complexity index is 1050. The van der Waals surface area contributed by atoms with Crippen LogP contribution in [0, 0.1) is 0 Å². The molecule has 0 bridgehead atoms. The molecule has 2 aliphatic heterocycles. The normalized spacial score (nSPS) is 16.4. The van der Waals surface area contributed by atoms with Crippen molar-refractivity contribution in [3.05, 3.63) is 95.1 Å². The third kappa shape index (κ3) is 4.63. The van der Waals surface area contributed by atoms with Crippen molar-refractivity contribution in [1.29, 1.82) is 0 Å². The number of carbonyl (C=O) groups excluding carboxylic acids is 2. The van der Waals surface area contributed by atoms with Gasteiger partial charge in [-0.25, -0.2) is 0 Å². The molecular weight excluding hydrogens is 420 g/mol. The van der Waals surface area contributed by atoms with E-state index in [0.717, 1.165) is 63.2 Å². The Morgan fingerprint density at radius 1 is 0.500 bits per heavy atom. The fourth-order valence-electron chi connectivity index (χ4n) is 5.22. The first-order valence-corrected chi connectivity index (χ1v) is 12.6. The van der Waals surface area contributed by atoms with E-state index in [1.165, 1.54) is 12.8 Å². The quantitative estimate of drug-likeness (QED) is 0.422. The zero-order chi connectivity index (χ0) is 23.3. The second-order valence-electron chi connectivity index (χ2n) is 9.37. The number of rotatable bonds is 6. The molecule has 0 aliphatic carbocycles. The van der Waals surface area contributed by atoms with Gasteiger partial charge in [0.15, 0.2) is 11.6 Å². The third-order valence-corrected chi connectivity index (χ3v) is 7.07. The van der Waals surface area contributed by atoms with Crippen molar-refractivity contribution in [3.63, 3.8) is 0 Å². The van der Waals surface area contributed by atoms with Gasteiger partial charge in [-0.3, -0.25) is 9.59 Å². The van der Waals surface area contributed by atoms with Crippen LogP contribution in [0.4, 0.5) is 11.4 Å². The maximum Gasteiger partial charge on any atom is 0.195 e. The molecule has 3 aromatic carbocycles. The molecule has 0 saturated carbocycles. The van der Waals surface area contributed by atoms with E-state index in [1.54, 1.807) is 0 Å². The molecule has 0 unspecified atom stereocenters. The van der Waals surface area contributed by atoms with Gasteiger partial charge < -0.3 is 9.80 Å². The number of hydrogen-bond acceptors (Lipinski definition) is 4. The van der Waals surface area contributed by atoms with Gasteiger partial charge >= 0.3 is 0 Å². The predicted octanol–water partition coefficient (Wildman–Crippen LogP) is 6.13. The lowest BCUT2D eigenvalue weighted by Crippen LogP contribution is -2.33. The molecule has 2 fully saturated rings. The maximum absolute atomic E-state index is 13.8. The van der Waals surface area contributed by atoms with Crippen molar-refractivity contribution < 1.29 is 9.59 Å². The van der Waals surface area contributed by atoms with Crippen LogP contribution in [0.2, 0.25) is 0 Å². The minimum atomic E-state index is 0.0261. The van der Waals surface area contributed by atoms with Crippen molar-refractivity contribution >= 4 is 22.9 Å². The highest BCUT2D eigenvalue weighted by Gasteiger charge is 2.27. The lowest BCUT2D eigenvalue weighted by molar-refractivity contribution is 0.102. The van der Waals surface area contributed by atoms with Gasteiger partial charge in [0.1, 0.15) is 0 Å². The van der Waals surface area contributed by atoms with Gasteiger partial charge in [-0.05, 0) is 50.7 Å². The minimum absolute atomic E-state index is 0.0261. The van der Waals surface area contributed by atoms with Crippen LogP contribution in [0.25, 0.3) is 0 Å². The molecule has 3 aromatic rings. The van der Waals surface area contributed by atoms with Crippen molar-refractivity contribution in [2.24, 2.45) is 0 Å². The highest BCUT2D eigenvalue weighted by molar-refractivity contribution is 6.17. The van der Waals surface area contributed by atoms with Crippen LogP contribution in [0.3, 0.4) is 0 Å². The van der Waals surface area contributed by atoms with Gasteiger partial charge in [0.05, 0.1) is 0 Å². The molecule has 174 valence electrons. The van der Waals surface area contributed by atoms with Crippen molar-refractivity contribution in [1.82, 2.24) is 0 Å². The number of anilines is 2. The van der Waals surface area contributed by atoms with E-state index in [9.17, 15) is 9.59 Å². The first-order valence-electron chi connectivity index (χ1n) is 12.6. The summed E-state index contributed by atoms with van der Waals surface area (Å²) in [6.07, 6.45) is 6.84. The first-order chi connectivity index (χ1) is 16.7. The van der Waals surface area contributed by atoms with Gasteiger partial charge in [0.25, 0.3) is 0 Å². The second-order valence-corrected chi connectivity index (χ2v) is 9.37. The summed E-state index contributed by atoms with van der Waals surface area (Å²) < 4.78 is 0. The van der Waals surface area contributed by atoms with E-state index in [4.69, 9.17) is 0 Å². The van der Waals surface area contributed by atoms with Crippen LogP contribution in [-0.4, -0.2) is 37.7 Å². The third-order valence-electron chi connectivity index (χ3n) is 7.07. The molecule has 2 heterocycles. The molecule has 4 nitrogen and oxygen atoms in total. The molecule has 4 heteroatoms. The molecule has 5 rings (SSSR count). The zero-order valence-corrected chi connectivity index (χ0v) is 19.7. The molecular formula is C30H32N2O2. The Hall–Kier alpha value is -3.40. The maximum atomic E-state index is 13.8. The predicted molar refractivity (Wildman–Crippen MR) is 138 cm³/mol. The number of piperidine rings is 2. The lowest BCUT2D eigenvalue weighted by Gasteiger charge is -2.34. The van der Waals surface area contributed by atoms with Crippen LogP contribution in [0.15, 0.2) is 72.8 Å². The summed E-state index contributed by atoms with van der Waals surface area (Å²) in [4.78, 5) is 32.1. The molecule has 0 aromatic heterocycles. The second kappa shape index (κ2) is 10.3. The average Bonchev–Trinajstić information content (AvgIpc) is 2.93. The number of ketones is 2. The summed E-state index contributed by atoms with van der Waals surface area (Å²) in [5.74, 6) is 0.0521. The highest BCUT2D eigenvalue weighted by atomic mass is 16.1. The number of benzene rings is 3. The number of hydrogen-bond donors (Lipinski definition) is 0. The Balaban J connectivity index is 1.68. The van der Waals surface area contributed by atoms with Gasteiger partial charge in [0.2, 0.25) is 0 Å². The van der Waals surface area contributed by atoms with E-state index in [1.807, 2.05) is 72.8 Å². The van der Waals surface area contributed by atoms with Gasteiger partial charge in [0, 0.05) is 59.8 Å². The standard InChI is InChI=1S/C30H32N2O2/c33-29(23-13-5-1-6-14-23)25-21-28(32-19-11-4-12-20-32)26(30(34)24-15-7-2-8-16-24)22-27(25)31-17-9-3-10-18-31/h1-2,5-8,13-16,21-22H,3-4,9-12,17-20H2. The summed E-state index contributed by atoms with van der Waals surface area (Å²) in [5, 5.41) is 0. The van der Waals surface area contributed by atoms with Crippen molar-refractivity contribution in [3.8, 4) is 0 Å². The topological polar surface area (TPSA) is 40.6 Å². The van der Waals surface area contributed by atoms with Crippen LogP contribution in [0.5, 0.6) is 0 Å². The highest BCUT2D eigenvalue weighted by Crippen LogP contribution is 2.36. The average molecular weight is 453 g/mol. The summed E-state index contributed by atoms with van der Waals surface area (Å²) in [7, 11) is 0. The molecule has 0 radical (unpaired) electrons. The fraction of sp³-hybridized carbons (Fsp3) is 0.333. The summed E-state index contributed by atoms with van der Waals surface area (Å²) >= 11 is 0. The number of nitrogens with zero attached hydrogens (tertiary/aromatic N) is 2. The Morgan fingerprint density at radius 2 is 0.853 bits per heavy atom.